The number of hydrogen-bond acceptors (Lipinski definition) is 4. The zero-order valence-corrected chi connectivity index (χ0v) is 9.35. The molecule has 1 N–H and O–H groups in total. The van der Waals surface area contributed by atoms with Crippen molar-refractivity contribution in [1.82, 2.24) is 5.32 Å². The lowest BCUT2D eigenvalue weighted by atomic mass is 10.1. The first-order chi connectivity index (χ1) is 8.41. The van der Waals surface area contributed by atoms with Crippen LogP contribution in [0.3, 0.4) is 0 Å². The summed E-state index contributed by atoms with van der Waals surface area (Å²) in [6.07, 6.45) is 0. The Kier molecular flexibility index (Phi) is 4.59. The zero-order chi connectivity index (χ0) is 13.7. The molecule has 0 aliphatic carbocycles. The summed E-state index contributed by atoms with van der Waals surface area (Å²) in [5, 5.41) is 12.5. The maximum absolute atomic E-state index is 12.1. The highest BCUT2D eigenvalue weighted by Gasteiger charge is 2.16. The highest BCUT2D eigenvalue weighted by Crippen LogP contribution is 2.20. The molecule has 0 unspecified atom stereocenters. The molecular weight excluding hydrogens is 248 g/mol. The second kappa shape index (κ2) is 5.95. The Bertz CT molecular complexity index is 450. The van der Waals surface area contributed by atoms with Crippen LogP contribution in [0.4, 0.5) is 8.78 Å². The minimum absolute atomic E-state index is 0.175. The molecule has 1 aromatic rings. The molecular formula is C11H10F2NO4-. The number of halogens is 2. The number of amides is 1. The number of carbonyl (C=O) groups is 2. The van der Waals surface area contributed by atoms with E-state index >= 15 is 0 Å². The molecule has 0 fully saturated rings. The fourth-order valence-electron chi connectivity index (χ4n) is 1.19. The molecule has 1 amide bonds. The number of aliphatic carboxylic acids is 1. The molecule has 0 radical (unpaired) electrons. The maximum Gasteiger partial charge on any atom is 0.387 e. The minimum Gasteiger partial charge on any atom is -0.548 e. The predicted octanol–water partition coefficient (Wildman–Crippen LogP) is 0.156. The van der Waals surface area contributed by atoms with Gasteiger partial charge in [0.15, 0.2) is 0 Å². The first-order valence-corrected chi connectivity index (χ1v) is 4.97. The SMILES string of the molecule is C[C@H](NC(=O)c1ccccc1OC(F)F)C(=O)[O-]. The lowest BCUT2D eigenvalue weighted by Gasteiger charge is -2.16. The van der Waals surface area contributed by atoms with Gasteiger partial charge in [-0.1, -0.05) is 12.1 Å². The van der Waals surface area contributed by atoms with Gasteiger partial charge < -0.3 is 20.0 Å². The van der Waals surface area contributed by atoms with E-state index in [1.165, 1.54) is 31.2 Å². The molecule has 0 aromatic heterocycles. The molecule has 0 heterocycles. The van der Waals surface area contributed by atoms with Crippen molar-refractivity contribution in [3.63, 3.8) is 0 Å². The lowest BCUT2D eigenvalue weighted by molar-refractivity contribution is -0.307. The van der Waals surface area contributed by atoms with Crippen LogP contribution in [-0.2, 0) is 4.79 Å². The fraction of sp³-hybridized carbons (Fsp3) is 0.273. The van der Waals surface area contributed by atoms with Crippen molar-refractivity contribution in [2.75, 3.05) is 0 Å². The molecule has 0 saturated carbocycles. The summed E-state index contributed by atoms with van der Waals surface area (Å²) in [4.78, 5) is 22.1. The van der Waals surface area contributed by atoms with Crippen LogP contribution in [0.25, 0.3) is 0 Å². The summed E-state index contributed by atoms with van der Waals surface area (Å²) in [6, 6.07) is 4.05. The van der Waals surface area contributed by atoms with Gasteiger partial charge in [0.25, 0.3) is 5.91 Å². The number of ether oxygens (including phenoxy) is 1. The second-order valence-electron chi connectivity index (χ2n) is 3.39. The molecule has 1 rings (SSSR count). The minimum atomic E-state index is -3.07. The highest BCUT2D eigenvalue weighted by atomic mass is 19.3. The van der Waals surface area contributed by atoms with Gasteiger partial charge >= 0.3 is 6.61 Å². The third-order valence-electron chi connectivity index (χ3n) is 2.05. The maximum atomic E-state index is 12.1. The van der Waals surface area contributed by atoms with Gasteiger partial charge in [-0.05, 0) is 19.1 Å². The highest BCUT2D eigenvalue weighted by molar-refractivity contribution is 5.98. The Balaban J connectivity index is 2.88. The van der Waals surface area contributed by atoms with E-state index < -0.39 is 24.5 Å². The third kappa shape index (κ3) is 3.69. The molecule has 7 heteroatoms. The Morgan fingerprint density at radius 3 is 2.50 bits per heavy atom. The van der Waals surface area contributed by atoms with E-state index in [-0.39, 0.29) is 11.3 Å². The summed E-state index contributed by atoms with van der Waals surface area (Å²) < 4.78 is 28.3. The van der Waals surface area contributed by atoms with Crippen LogP contribution >= 0.6 is 0 Å². The van der Waals surface area contributed by atoms with Gasteiger partial charge in [0.05, 0.1) is 17.6 Å². The van der Waals surface area contributed by atoms with Crippen LogP contribution in [0.5, 0.6) is 5.75 Å². The number of nitrogens with one attached hydrogen (secondary N) is 1. The standard InChI is InChI=1S/C11H11F2NO4/c1-6(10(16)17)14-9(15)7-4-2-3-5-8(7)18-11(12)13/h2-6,11H,1H3,(H,14,15)(H,16,17)/p-1/t6-/m0/s1. The van der Waals surface area contributed by atoms with Crippen LogP contribution in [0.1, 0.15) is 17.3 Å². The van der Waals surface area contributed by atoms with Crippen molar-refractivity contribution in [3.05, 3.63) is 29.8 Å². The van der Waals surface area contributed by atoms with E-state index in [9.17, 15) is 23.5 Å². The predicted molar refractivity (Wildman–Crippen MR) is 55.0 cm³/mol. The van der Waals surface area contributed by atoms with E-state index in [0.717, 1.165) is 0 Å². The smallest absolute Gasteiger partial charge is 0.387 e. The van der Waals surface area contributed by atoms with Crippen molar-refractivity contribution in [2.24, 2.45) is 0 Å². The fourth-order valence-corrected chi connectivity index (χ4v) is 1.19. The average Bonchev–Trinajstić information content (AvgIpc) is 2.28. The number of para-hydroxylation sites is 1. The number of carboxylic acids is 1. The molecule has 5 nitrogen and oxygen atoms in total. The van der Waals surface area contributed by atoms with Gasteiger partial charge in [-0.2, -0.15) is 8.78 Å². The summed E-state index contributed by atoms with van der Waals surface area (Å²) >= 11 is 0. The van der Waals surface area contributed by atoms with Crippen LogP contribution in [0, 0.1) is 0 Å². The van der Waals surface area contributed by atoms with Crippen molar-refractivity contribution in [1.29, 1.82) is 0 Å². The molecule has 1 atom stereocenters. The number of carbonyl (C=O) groups excluding carboxylic acids is 2. The summed E-state index contributed by atoms with van der Waals surface area (Å²) in [5.74, 6) is -2.63. The molecule has 0 spiro atoms. The van der Waals surface area contributed by atoms with Crippen molar-refractivity contribution < 1.29 is 28.2 Å². The van der Waals surface area contributed by atoms with E-state index in [2.05, 4.69) is 10.1 Å². The second-order valence-corrected chi connectivity index (χ2v) is 3.39. The van der Waals surface area contributed by atoms with Gasteiger partial charge in [0, 0.05) is 0 Å². The number of benzene rings is 1. The normalized spacial score (nSPS) is 12.0. The number of carboxylic acid groups (broad SMARTS) is 1. The molecule has 0 aliphatic heterocycles. The zero-order valence-electron chi connectivity index (χ0n) is 9.35. The van der Waals surface area contributed by atoms with Gasteiger partial charge in [0.1, 0.15) is 5.75 Å². The molecule has 98 valence electrons. The van der Waals surface area contributed by atoms with Crippen LogP contribution < -0.4 is 15.2 Å². The Morgan fingerprint density at radius 2 is 1.94 bits per heavy atom. The Hall–Kier alpha value is -2.18. The monoisotopic (exact) mass is 258 g/mol. The van der Waals surface area contributed by atoms with Crippen molar-refractivity contribution in [2.45, 2.75) is 19.6 Å². The largest absolute Gasteiger partial charge is 0.548 e. The van der Waals surface area contributed by atoms with Crippen molar-refractivity contribution >= 4 is 11.9 Å². The molecule has 0 aliphatic rings. The Labute approximate surface area is 101 Å². The van der Waals surface area contributed by atoms with Gasteiger partial charge in [0.2, 0.25) is 0 Å². The quantitative estimate of drug-likeness (QED) is 0.815. The van der Waals surface area contributed by atoms with Gasteiger partial charge in [-0.25, -0.2) is 0 Å². The lowest BCUT2D eigenvalue weighted by Crippen LogP contribution is -2.45. The van der Waals surface area contributed by atoms with Crippen LogP contribution in [-0.4, -0.2) is 24.5 Å². The molecule has 1 aromatic carbocycles. The van der Waals surface area contributed by atoms with Crippen LogP contribution in [0.2, 0.25) is 0 Å². The van der Waals surface area contributed by atoms with E-state index in [1.807, 2.05) is 0 Å². The average molecular weight is 258 g/mol. The van der Waals surface area contributed by atoms with Crippen molar-refractivity contribution in [3.8, 4) is 5.75 Å². The first kappa shape index (κ1) is 13.9. The van der Waals surface area contributed by atoms with Crippen LogP contribution in [0.15, 0.2) is 24.3 Å². The molecule has 0 saturated heterocycles. The third-order valence-corrected chi connectivity index (χ3v) is 2.05. The molecule has 18 heavy (non-hydrogen) atoms. The van der Waals surface area contributed by atoms with E-state index in [0.29, 0.717) is 0 Å². The van der Waals surface area contributed by atoms with Gasteiger partial charge in [-0.15, -0.1) is 0 Å². The summed E-state index contributed by atoms with van der Waals surface area (Å²) in [5.41, 5.74) is -0.175. The van der Waals surface area contributed by atoms with Gasteiger partial charge in [-0.3, -0.25) is 4.79 Å². The number of hydrogen-bond donors (Lipinski definition) is 1. The topological polar surface area (TPSA) is 78.5 Å². The number of rotatable bonds is 5. The van der Waals surface area contributed by atoms with E-state index in [1.54, 1.807) is 0 Å². The Morgan fingerprint density at radius 1 is 1.33 bits per heavy atom. The summed E-state index contributed by atoms with van der Waals surface area (Å²) in [7, 11) is 0. The summed E-state index contributed by atoms with van der Waals surface area (Å²) in [6.45, 7) is -1.87. The number of alkyl halides is 2. The first-order valence-electron chi connectivity index (χ1n) is 4.97. The van der Waals surface area contributed by atoms with E-state index in [4.69, 9.17) is 0 Å². The molecule has 0 bridgehead atoms.